The minimum Gasteiger partial charge on any atom is -0.309 e. The van der Waals surface area contributed by atoms with Gasteiger partial charge in [-0.05, 0) is 117 Å². The first-order chi connectivity index (χ1) is 33.2. The van der Waals surface area contributed by atoms with Gasteiger partial charge in [0.25, 0.3) is 0 Å². The fourth-order valence-corrected chi connectivity index (χ4v) is 12.2. The van der Waals surface area contributed by atoms with Crippen molar-refractivity contribution >= 4 is 89.5 Å². The van der Waals surface area contributed by atoms with E-state index in [9.17, 15) is 0 Å². The van der Waals surface area contributed by atoms with Gasteiger partial charge in [-0.3, -0.25) is 0 Å². The molecule has 0 aliphatic heterocycles. The zero-order valence-electron chi connectivity index (χ0n) is 37.2. The van der Waals surface area contributed by atoms with Crippen LogP contribution in [-0.2, 0) is 5.41 Å². The van der Waals surface area contributed by atoms with Crippen molar-refractivity contribution in [3.8, 4) is 22.5 Å². The van der Waals surface area contributed by atoms with E-state index >= 15 is 0 Å². The van der Waals surface area contributed by atoms with Crippen LogP contribution in [0, 0.1) is 0 Å². The second kappa shape index (κ2) is 14.9. The van der Waals surface area contributed by atoms with Crippen LogP contribution >= 0.6 is 0 Å². The first-order valence-electron chi connectivity index (χ1n) is 23.9. The van der Waals surface area contributed by atoms with E-state index < -0.39 is 0 Å². The van der Waals surface area contributed by atoms with Crippen LogP contribution in [-0.4, -0.2) is 9.13 Å². The highest BCUT2D eigenvalue weighted by Crippen LogP contribution is 2.57. The van der Waals surface area contributed by atoms with Crippen molar-refractivity contribution in [3.05, 3.63) is 240 Å². The van der Waals surface area contributed by atoms with Crippen LogP contribution < -0.4 is 0 Å². The average molecular weight is 855 g/mol. The number of fused-ring (bicyclic) bond motifs is 13. The van der Waals surface area contributed by atoms with Gasteiger partial charge in [0.15, 0.2) is 0 Å². The van der Waals surface area contributed by atoms with Gasteiger partial charge >= 0.3 is 0 Å². The van der Waals surface area contributed by atoms with E-state index in [0.29, 0.717) is 0 Å². The Hall–Kier alpha value is -8.20. The van der Waals surface area contributed by atoms with Crippen molar-refractivity contribution in [1.29, 1.82) is 0 Å². The van der Waals surface area contributed by atoms with Crippen molar-refractivity contribution < 1.29 is 0 Å². The fraction of sp³-hybridized carbons (Fsp3) is 0.0769. The standard InChI is InChI=1S/C65H46N2/c1-3-17-49-47(13-1)15-11-23-59(49)66-61-21-7-5-19-53(61)55-39-43(31-35-63(55)66)25-27-45-29-33-51-52-34-30-46(42-58(52)65(57(51)41-45)37-9-10-38-65)28-26-44-32-36-64-56(40-44)54-20-6-8-22-62(54)67(64)60-24-12-16-48-14-2-4-18-50(48)60/h1-8,11-36,39-42H,9-10,37-38H2. The van der Waals surface area contributed by atoms with Crippen LogP contribution in [0.3, 0.4) is 0 Å². The maximum Gasteiger partial charge on any atom is 0.0541 e. The Morgan fingerprint density at radius 2 is 0.687 bits per heavy atom. The van der Waals surface area contributed by atoms with Gasteiger partial charge in [0.1, 0.15) is 0 Å². The van der Waals surface area contributed by atoms with Gasteiger partial charge in [0.2, 0.25) is 0 Å². The Morgan fingerprint density at radius 3 is 1.16 bits per heavy atom. The minimum absolute atomic E-state index is 0.0586. The Morgan fingerprint density at radius 1 is 0.313 bits per heavy atom. The molecular formula is C65H46N2. The van der Waals surface area contributed by atoms with Gasteiger partial charge in [-0.15, -0.1) is 0 Å². The molecule has 12 aromatic rings. The molecule has 2 aliphatic carbocycles. The zero-order chi connectivity index (χ0) is 44.1. The summed E-state index contributed by atoms with van der Waals surface area (Å²) in [5, 5.41) is 10.1. The average Bonchev–Trinajstić information content (AvgIpc) is 4.16. The molecule has 14 rings (SSSR count). The molecule has 0 saturated heterocycles. The molecule has 1 fully saturated rings. The van der Waals surface area contributed by atoms with Gasteiger partial charge in [0.05, 0.1) is 33.4 Å². The molecule has 2 heterocycles. The van der Waals surface area contributed by atoms with Crippen molar-refractivity contribution in [3.63, 3.8) is 0 Å². The van der Waals surface area contributed by atoms with Crippen molar-refractivity contribution in [2.24, 2.45) is 0 Å². The van der Waals surface area contributed by atoms with Crippen molar-refractivity contribution in [2.75, 3.05) is 0 Å². The lowest BCUT2D eigenvalue weighted by Crippen LogP contribution is -2.20. The highest BCUT2D eigenvalue weighted by Gasteiger charge is 2.45. The third-order valence-electron chi connectivity index (χ3n) is 15.2. The molecule has 0 N–H and O–H groups in total. The molecule has 0 unspecified atom stereocenters. The van der Waals surface area contributed by atoms with E-state index in [1.54, 1.807) is 0 Å². The van der Waals surface area contributed by atoms with Gasteiger partial charge in [0, 0.05) is 37.7 Å². The molecule has 10 aromatic carbocycles. The van der Waals surface area contributed by atoms with E-state index in [0.717, 1.165) is 0 Å². The summed E-state index contributed by atoms with van der Waals surface area (Å²) in [4.78, 5) is 0. The Kier molecular flexibility index (Phi) is 8.48. The summed E-state index contributed by atoms with van der Waals surface area (Å²) in [7, 11) is 0. The lowest BCUT2D eigenvalue weighted by Gasteiger charge is -2.27. The van der Waals surface area contributed by atoms with Gasteiger partial charge < -0.3 is 9.13 Å². The van der Waals surface area contributed by atoms with Crippen molar-refractivity contribution in [1.82, 2.24) is 9.13 Å². The van der Waals surface area contributed by atoms with Gasteiger partial charge in [-0.1, -0.05) is 195 Å². The minimum atomic E-state index is 0.0586. The summed E-state index contributed by atoms with van der Waals surface area (Å²) >= 11 is 0. The molecule has 0 amide bonds. The Bertz CT molecular complexity index is 3780. The summed E-state index contributed by atoms with van der Waals surface area (Å²) in [5.41, 5.74) is 18.1. The summed E-state index contributed by atoms with van der Waals surface area (Å²) in [6.07, 6.45) is 14.2. The quantitative estimate of drug-likeness (QED) is 0.148. The predicted octanol–water partition coefficient (Wildman–Crippen LogP) is 17.4. The first-order valence-corrected chi connectivity index (χ1v) is 23.9. The second-order valence-corrected chi connectivity index (χ2v) is 18.8. The Balaban J connectivity index is 0.784. The molecule has 2 nitrogen and oxygen atoms in total. The Labute approximate surface area is 390 Å². The highest BCUT2D eigenvalue weighted by molar-refractivity contribution is 6.12. The number of hydrogen-bond acceptors (Lipinski definition) is 0. The third kappa shape index (κ3) is 5.89. The number of aromatic nitrogens is 2. The summed E-state index contributed by atoms with van der Waals surface area (Å²) in [6, 6.07) is 76.6. The molecule has 1 spiro atoms. The van der Waals surface area contributed by atoms with Crippen LogP contribution in [0.25, 0.3) is 112 Å². The zero-order valence-corrected chi connectivity index (χ0v) is 37.2. The number of nitrogens with zero attached hydrogens (tertiary/aromatic N) is 2. The van der Waals surface area contributed by atoms with Crippen LogP contribution in [0.5, 0.6) is 0 Å². The summed E-state index contributed by atoms with van der Waals surface area (Å²) < 4.78 is 4.88. The number of hydrogen-bond donors (Lipinski definition) is 0. The highest BCUT2D eigenvalue weighted by atomic mass is 15.0. The van der Waals surface area contributed by atoms with E-state index in [-0.39, 0.29) is 5.41 Å². The monoisotopic (exact) mass is 854 g/mol. The first kappa shape index (κ1) is 38.1. The summed E-state index contributed by atoms with van der Waals surface area (Å²) in [5.74, 6) is 0. The smallest absolute Gasteiger partial charge is 0.0541 e. The SMILES string of the molecule is C(=Cc1ccc2c(c1)c1ccccc1n2-c1cccc2ccccc12)c1ccc2c(c1)C1(CCCC1)c1cc(C=Cc3ccc4c(c3)c3ccccc3n4-c3cccc4ccccc34)ccc1-2. The maximum absolute atomic E-state index is 2.50. The van der Waals surface area contributed by atoms with Gasteiger partial charge in [-0.2, -0.15) is 0 Å². The van der Waals surface area contributed by atoms with E-state index in [4.69, 9.17) is 0 Å². The molecule has 2 aliphatic rings. The van der Waals surface area contributed by atoms with Crippen LogP contribution in [0.15, 0.2) is 206 Å². The molecule has 0 radical (unpaired) electrons. The van der Waals surface area contributed by atoms with Crippen LogP contribution in [0.4, 0.5) is 0 Å². The predicted molar refractivity (Wildman–Crippen MR) is 286 cm³/mol. The normalized spacial score (nSPS) is 14.3. The van der Waals surface area contributed by atoms with Gasteiger partial charge in [-0.25, -0.2) is 0 Å². The fourth-order valence-electron chi connectivity index (χ4n) is 12.2. The number of benzene rings is 10. The molecule has 2 heteroatoms. The van der Waals surface area contributed by atoms with Crippen LogP contribution in [0.1, 0.15) is 59.1 Å². The number of para-hydroxylation sites is 2. The molecule has 1 saturated carbocycles. The largest absolute Gasteiger partial charge is 0.309 e. The topological polar surface area (TPSA) is 9.86 Å². The number of rotatable bonds is 6. The molecular weight excluding hydrogens is 809 g/mol. The lowest BCUT2D eigenvalue weighted by molar-refractivity contribution is 0.550. The molecule has 0 atom stereocenters. The summed E-state index contributed by atoms with van der Waals surface area (Å²) in [6.45, 7) is 0. The van der Waals surface area contributed by atoms with E-state index in [1.165, 1.54) is 147 Å². The van der Waals surface area contributed by atoms with E-state index in [2.05, 4.69) is 240 Å². The van der Waals surface area contributed by atoms with Crippen LogP contribution in [0.2, 0.25) is 0 Å². The molecule has 67 heavy (non-hydrogen) atoms. The van der Waals surface area contributed by atoms with E-state index in [1.807, 2.05) is 0 Å². The maximum atomic E-state index is 2.50. The molecule has 316 valence electrons. The molecule has 0 bridgehead atoms. The second-order valence-electron chi connectivity index (χ2n) is 18.8. The lowest BCUT2D eigenvalue weighted by atomic mass is 9.76. The van der Waals surface area contributed by atoms with Crippen molar-refractivity contribution in [2.45, 2.75) is 31.1 Å². The third-order valence-corrected chi connectivity index (χ3v) is 15.2. The molecule has 2 aromatic heterocycles.